The first-order valence-electron chi connectivity index (χ1n) is 10.1. The highest BCUT2D eigenvalue weighted by atomic mass is 32.2. The highest BCUT2D eigenvalue weighted by Gasteiger charge is 2.31. The number of aromatic amines is 1. The number of carbonyl (C=O) groups is 1. The van der Waals surface area contributed by atoms with Gasteiger partial charge in [-0.25, -0.2) is 8.42 Å². The van der Waals surface area contributed by atoms with E-state index in [1.165, 1.54) is 22.8 Å². The topological polar surface area (TPSA) is 103 Å². The number of hydrogen-bond donors (Lipinski definition) is 2. The SMILES string of the molecule is CC(c1c[nH]c2ccccc12)N(Cc1cccc(CC(=O)O)c1)S(=O)(=O)c1cccnc1. The van der Waals surface area contributed by atoms with Gasteiger partial charge in [-0.05, 0) is 41.8 Å². The van der Waals surface area contributed by atoms with E-state index in [2.05, 4.69) is 9.97 Å². The number of fused-ring (bicyclic) bond motifs is 1. The number of carboxylic acid groups (broad SMARTS) is 1. The normalized spacial score (nSPS) is 12.8. The molecule has 0 radical (unpaired) electrons. The summed E-state index contributed by atoms with van der Waals surface area (Å²) in [5.41, 5.74) is 3.11. The molecule has 2 aromatic heterocycles. The summed E-state index contributed by atoms with van der Waals surface area (Å²) < 4.78 is 28.7. The van der Waals surface area contributed by atoms with E-state index < -0.39 is 22.0 Å². The highest BCUT2D eigenvalue weighted by molar-refractivity contribution is 7.89. The Bertz CT molecular complexity index is 1350. The fourth-order valence-electron chi connectivity index (χ4n) is 3.85. The molecular weight excluding hydrogens is 426 g/mol. The van der Waals surface area contributed by atoms with Crippen molar-refractivity contribution < 1.29 is 18.3 Å². The van der Waals surface area contributed by atoms with E-state index in [-0.39, 0.29) is 17.9 Å². The molecular formula is C24H23N3O4S. The second-order valence-corrected chi connectivity index (χ2v) is 9.49. The van der Waals surface area contributed by atoms with Crippen LogP contribution in [0.15, 0.2) is 84.1 Å². The van der Waals surface area contributed by atoms with Crippen LogP contribution in [0.3, 0.4) is 0 Å². The summed E-state index contributed by atoms with van der Waals surface area (Å²) in [6.07, 6.45) is 4.58. The molecule has 0 fully saturated rings. The molecule has 0 aliphatic carbocycles. The zero-order valence-electron chi connectivity index (χ0n) is 17.5. The van der Waals surface area contributed by atoms with E-state index in [4.69, 9.17) is 5.11 Å². The van der Waals surface area contributed by atoms with Gasteiger partial charge in [0.15, 0.2) is 0 Å². The molecule has 0 bridgehead atoms. The molecule has 1 unspecified atom stereocenters. The minimum absolute atomic E-state index is 0.0887. The first-order valence-corrected chi connectivity index (χ1v) is 11.6. The van der Waals surface area contributed by atoms with E-state index >= 15 is 0 Å². The third-order valence-electron chi connectivity index (χ3n) is 5.43. The van der Waals surface area contributed by atoms with E-state index in [1.54, 1.807) is 30.3 Å². The zero-order chi connectivity index (χ0) is 22.7. The molecule has 164 valence electrons. The number of pyridine rings is 1. The number of aromatic nitrogens is 2. The Labute approximate surface area is 186 Å². The van der Waals surface area contributed by atoms with Crippen LogP contribution in [0, 0.1) is 0 Å². The van der Waals surface area contributed by atoms with Gasteiger partial charge in [-0.1, -0.05) is 42.5 Å². The third kappa shape index (κ3) is 4.42. The maximum Gasteiger partial charge on any atom is 0.307 e. The summed E-state index contributed by atoms with van der Waals surface area (Å²) in [6.45, 7) is 1.94. The monoisotopic (exact) mass is 449 g/mol. The number of hydrogen-bond acceptors (Lipinski definition) is 4. The first-order chi connectivity index (χ1) is 15.4. The molecule has 0 aliphatic rings. The maximum absolute atomic E-state index is 13.7. The summed E-state index contributed by atoms with van der Waals surface area (Å²) in [5.74, 6) is -0.936. The minimum atomic E-state index is -3.89. The lowest BCUT2D eigenvalue weighted by Gasteiger charge is -2.28. The molecule has 1 atom stereocenters. The Morgan fingerprint density at radius 2 is 1.88 bits per heavy atom. The van der Waals surface area contributed by atoms with Crippen LogP contribution in [0.2, 0.25) is 0 Å². The summed E-state index contributed by atoms with van der Waals surface area (Å²) in [5, 5.41) is 10.1. The molecule has 2 heterocycles. The van der Waals surface area contributed by atoms with Gasteiger partial charge in [0.25, 0.3) is 0 Å². The molecule has 4 aromatic rings. The zero-order valence-corrected chi connectivity index (χ0v) is 18.3. The van der Waals surface area contributed by atoms with E-state index in [0.717, 1.165) is 16.5 Å². The quantitative estimate of drug-likeness (QED) is 0.421. The Kier molecular flexibility index (Phi) is 6.07. The Morgan fingerprint density at radius 1 is 1.09 bits per heavy atom. The number of H-pyrrole nitrogens is 1. The maximum atomic E-state index is 13.7. The van der Waals surface area contributed by atoms with Crippen molar-refractivity contribution in [1.29, 1.82) is 0 Å². The molecule has 32 heavy (non-hydrogen) atoms. The van der Waals surface area contributed by atoms with E-state index in [9.17, 15) is 13.2 Å². The van der Waals surface area contributed by atoms with Crippen LogP contribution in [-0.4, -0.2) is 33.8 Å². The number of rotatable bonds is 8. The van der Waals surface area contributed by atoms with Crippen LogP contribution in [-0.2, 0) is 27.8 Å². The predicted octanol–water partition coefficient (Wildman–Crippen LogP) is 4.14. The number of carboxylic acids is 1. The molecule has 0 spiro atoms. The van der Waals surface area contributed by atoms with Gasteiger partial charge in [0.1, 0.15) is 4.90 Å². The van der Waals surface area contributed by atoms with Gasteiger partial charge in [-0.15, -0.1) is 0 Å². The number of nitrogens with one attached hydrogen (secondary N) is 1. The summed E-state index contributed by atoms with van der Waals surface area (Å²) in [6, 6.07) is 17.4. The fourth-order valence-corrected chi connectivity index (χ4v) is 5.42. The van der Waals surface area contributed by atoms with Gasteiger partial charge in [-0.3, -0.25) is 9.78 Å². The van der Waals surface area contributed by atoms with Gasteiger partial charge < -0.3 is 10.1 Å². The number of para-hydroxylation sites is 1. The summed E-state index contributed by atoms with van der Waals surface area (Å²) >= 11 is 0. The molecule has 0 saturated carbocycles. The first kappa shape index (κ1) is 21.7. The Morgan fingerprint density at radius 3 is 2.62 bits per heavy atom. The average Bonchev–Trinajstić information content (AvgIpc) is 3.21. The molecule has 4 rings (SSSR count). The van der Waals surface area contributed by atoms with Crippen molar-refractivity contribution in [3.05, 3.63) is 95.9 Å². The fraction of sp³-hybridized carbons (Fsp3) is 0.167. The van der Waals surface area contributed by atoms with Gasteiger partial charge in [0.05, 0.1) is 6.42 Å². The molecule has 0 saturated heterocycles. The Balaban J connectivity index is 1.78. The van der Waals surface area contributed by atoms with Crippen LogP contribution in [0.4, 0.5) is 0 Å². The lowest BCUT2D eigenvalue weighted by molar-refractivity contribution is -0.136. The summed E-state index contributed by atoms with van der Waals surface area (Å²) in [7, 11) is -3.89. The van der Waals surface area contributed by atoms with Crippen LogP contribution in [0.25, 0.3) is 10.9 Å². The van der Waals surface area contributed by atoms with Crippen molar-refractivity contribution >= 4 is 26.9 Å². The van der Waals surface area contributed by atoms with Crippen LogP contribution in [0.5, 0.6) is 0 Å². The van der Waals surface area contributed by atoms with Crippen molar-refractivity contribution in [2.24, 2.45) is 0 Å². The molecule has 2 N–H and O–H groups in total. The smallest absolute Gasteiger partial charge is 0.307 e. The molecule has 7 nitrogen and oxygen atoms in total. The van der Waals surface area contributed by atoms with Crippen molar-refractivity contribution in [1.82, 2.24) is 14.3 Å². The standard InChI is InChI=1S/C24H23N3O4S/c1-17(22-15-26-23-10-3-2-9-21(22)23)27(32(30,31)20-8-5-11-25-14-20)16-19-7-4-6-18(12-19)13-24(28)29/h2-12,14-15,17,26H,13,16H2,1H3,(H,28,29). The predicted molar refractivity (Wildman–Crippen MR) is 121 cm³/mol. The van der Waals surface area contributed by atoms with Crippen molar-refractivity contribution in [2.45, 2.75) is 30.8 Å². The second-order valence-electron chi connectivity index (χ2n) is 7.60. The average molecular weight is 450 g/mol. The van der Waals surface area contributed by atoms with Gasteiger partial charge in [0.2, 0.25) is 10.0 Å². The van der Waals surface area contributed by atoms with Gasteiger partial charge in [0, 0.05) is 42.1 Å². The van der Waals surface area contributed by atoms with Crippen molar-refractivity contribution in [2.75, 3.05) is 0 Å². The number of benzene rings is 2. The van der Waals surface area contributed by atoms with Crippen LogP contribution in [0.1, 0.15) is 29.7 Å². The van der Waals surface area contributed by atoms with Crippen molar-refractivity contribution in [3.63, 3.8) is 0 Å². The van der Waals surface area contributed by atoms with Crippen LogP contribution < -0.4 is 0 Å². The minimum Gasteiger partial charge on any atom is -0.481 e. The van der Waals surface area contributed by atoms with E-state index in [1.807, 2.05) is 37.4 Å². The lowest BCUT2D eigenvalue weighted by atomic mass is 10.1. The lowest BCUT2D eigenvalue weighted by Crippen LogP contribution is -2.33. The number of aliphatic carboxylic acids is 1. The second kappa shape index (κ2) is 8.94. The largest absolute Gasteiger partial charge is 0.481 e. The van der Waals surface area contributed by atoms with Crippen molar-refractivity contribution in [3.8, 4) is 0 Å². The van der Waals surface area contributed by atoms with E-state index in [0.29, 0.717) is 11.1 Å². The highest BCUT2D eigenvalue weighted by Crippen LogP contribution is 2.33. The van der Waals surface area contributed by atoms with Gasteiger partial charge in [-0.2, -0.15) is 4.31 Å². The molecule has 0 amide bonds. The molecule has 0 aliphatic heterocycles. The third-order valence-corrected chi connectivity index (χ3v) is 7.33. The Hall–Kier alpha value is -3.49. The number of nitrogens with zero attached hydrogens (tertiary/aromatic N) is 2. The molecule has 2 aromatic carbocycles. The van der Waals surface area contributed by atoms with Crippen LogP contribution >= 0.6 is 0 Å². The van der Waals surface area contributed by atoms with Gasteiger partial charge >= 0.3 is 5.97 Å². The number of sulfonamides is 1. The summed E-state index contributed by atoms with van der Waals surface area (Å²) in [4.78, 5) is 18.4. The molecule has 8 heteroatoms.